The van der Waals surface area contributed by atoms with Crippen molar-refractivity contribution < 1.29 is 33.0 Å². The fourth-order valence-corrected chi connectivity index (χ4v) is 5.55. The number of aliphatic carboxylic acids is 1. The van der Waals surface area contributed by atoms with Crippen LogP contribution in [0.4, 0.5) is 8.78 Å². The molecule has 36 heavy (non-hydrogen) atoms. The van der Waals surface area contributed by atoms with Gasteiger partial charge in [-0.2, -0.15) is 0 Å². The van der Waals surface area contributed by atoms with Gasteiger partial charge in [0.25, 0.3) is 0 Å². The predicted octanol–water partition coefficient (Wildman–Crippen LogP) is 2.81. The third-order valence-corrected chi connectivity index (χ3v) is 7.67. The van der Waals surface area contributed by atoms with E-state index in [1.54, 1.807) is 24.1 Å². The molecule has 2 amide bonds. The standard InChI is InChI=1S/C25H34ClF2N3O5/c1-30(23(35)20(29)14-36-2)24(11-16-4-6-18(26)7-5-16)8-3-9-31(15-24)22(34)19(10-21(32)33)17-12-25(27,28)13-17/h4-7,17,19-20H,3,8-15,29H2,1-2H3,(H,32,33). The maximum Gasteiger partial charge on any atom is 0.304 e. The largest absolute Gasteiger partial charge is 0.481 e. The second-order valence-corrected chi connectivity index (χ2v) is 10.5. The number of amides is 2. The zero-order chi connectivity index (χ0) is 26.7. The number of ether oxygens (including phenoxy) is 1. The Hall–Kier alpha value is -2.30. The molecule has 8 nitrogen and oxygen atoms in total. The minimum atomic E-state index is -2.87. The fourth-order valence-electron chi connectivity index (χ4n) is 5.42. The number of carboxylic acids is 1. The third kappa shape index (κ3) is 6.52. The molecule has 1 saturated heterocycles. The molecule has 2 aliphatic rings. The Labute approximate surface area is 214 Å². The van der Waals surface area contributed by atoms with Crippen molar-refractivity contribution in [3.8, 4) is 0 Å². The molecule has 3 unspecified atom stereocenters. The summed E-state index contributed by atoms with van der Waals surface area (Å²) < 4.78 is 32.2. The number of rotatable bonds is 10. The number of carbonyl (C=O) groups excluding carboxylic acids is 2. The molecule has 1 saturated carbocycles. The van der Waals surface area contributed by atoms with Gasteiger partial charge in [-0.05, 0) is 42.9 Å². The van der Waals surface area contributed by atoms with Gasteiger partial charge < -0.3 is 25.4 Å². The van der Waals surface area contributed by atoms with Crippen LogP contribution < -0.4 is 5.73 Å². The number of likely N-dealkylation sites (tertiary alicyclic amines) is 1. The first-order chi connectivity index (χ1) is 16.9. The first-order valence-corrected chi connectivity index (χ1v) is 12.4. The number of alkyl halides is 2. The molecule has 3 rings (SSSR count). The van der Waals surface area contributed by atoms with Gasteiger partial charge in [-0.3, -0.25) is 14.4 Å². The van der Waals surface area contributed by atoms with Crippen molar-refractivity contribution in [2.45, 2.75) is 56.0 Å². The molecule has 3 N–H and O–H groups in total. The summed E-state index contributed by atoms with van der Waals surface area (Å²) in [7, 11) is 3.09. The first kappa shape index (κ1) is 28.3. The van der Waals surface area contributed by atoms with Crippen LogP contribution in [-0.4, -0.2) is 84.0 Å². The molecule has 0 aromatic heterocycles. The number of carbonyl (C=O) groups is 3. The maximum atomic E-state index is 13.6. The highest BCUT2D eigenvalue weighted by Crippen LogP contribution is 2.47. The summed E-state index contributed by atoms with van der Waals surface area (Å²) in [6, 6.07) is 6.29. The number of nitrogens with zero attached hydrogens (tertiary/aromatic N) is 2. The Morgan fingerprint density at radius 2 is 1.92 bits per heavy atom. The third-order valence-electron chi connectivity index (χ3n) is 7.42. The molecule has 200 valence electrons. The predicted molar refractivity (Wildman–Crippen MR) is 130 cm³/mol. The van der Waals surface area contributed by atoms with Gasteiger partial charge in [0.1, 0.15) is 6.04 Å². The smallest absolute Gasteiger partial charge is 0.304 e. The van der Waals surface area contributed by atoms with E-state index in [-0.39, 0.29) is 19.1 Å². The zero-order valence-corrected chi connectivity index (χ0v) is 21.3. The molecule has 1 aromatic carbocycles. The molecule has 0 radical (unpaired) electrons. The van der Waals surface area contributed by atoms with E-state index >= 15 is 0 Å². The maximum absolute atomic E-state index is 13.6. The lowest BCUT2D eigenvalue weighted by molar-refractivity contribution is -0.164. The van der Waals surface area contributed by atoms with Crippen LogP contribution in [-0.2, 0) is 25.5 Å². The van der Waals surface area contributed by atoms with Crippen LogP contribution in [0.5, 0.6) is 0 Å². The lowest BCUT2D eigenvalue weighted by Crippen LogP contribution is -2.64. The molecular weight excluding hydrogens is 496 g/mol. The van der Waals surface area contributed by atoms with Gasteiger partial charge in [0.15, 0.2) is 0 Å². The number of hydrogen-bond acceptors (Lipinski definition) is 5. The van der Waals surface area contributed by atoms with Crippen LogP contribution in [0.2, 0.25) is 5.02 Å². The highest BCUT2D eigenvalue weighted by Gasteiger charge is 2.52. The van der Waals surface area contributed by atoms with E-state index in [9.17, 15) is 28.3 Å². The average Bonchev–Trinajstić information content (AvgIpc) is 2.81. The molecule has 1 aromatic rings. The van der Waals surface area contributed by atoms with Crippen molar-refractivity contribution in [1.82, 2.24) is 9.80 Å². The minimum Gasteiger partial charge on any atom is -0.481 e. The van der Waals surface area contributed by atoms with Gasteiger partial charge in [0.05, 0.1) is 24.5 Å². The van der Waals surface area contributed by atoms with Crippen LogP contribution in [0, 0.1) is 11.8 Å². The summed E-state index contributed by atoms with van der Waals surface area (Å²) in [6.07, 6.45) is 0.0354. The zero-order valence-electron chi connectivity index (χ0n) is 20.6. The Balaban J connectivity index is 1.89. The Kier molecular flexibility index (Phi) is 8.95. The highest BCUT2D eigenvalue weighted by atomic mass is 35.5. The minimum absolute atomic E-state index is 0.0272. The van der Waals surface area contributed by atoms with Crippen LogP contribution >= 0.6 is 11.6 Å². The summed E-state index contributed by atoms with van der Waals surface area (Å²) in [5.74, 6) is -6.60. The number of methoxy groups -OCH3 is 1. The Morgan fingerprint density at radius 1 is 1.28 bits per heavy atom. The van der Waals surface area contributed by atoms with Gasteiger partial charge in [-0.15, -0.1) is 0 Å². The molecule has 0 bridgehead atoms. The number of nitrogens with two attached hydrogens (primary N) is 1. The molecule has 3 atom stereocenters. The summed E-state index contributed by atoms with van der Waals surface area (Å²) in [6.45, 7) is 0.516. The van der Waals surface area contributed by atoms with Crippen molar-refractivity contribution >= 4 is 29.4 Å². The Bertz CT molecular complexity index is 956. The second kappa shape index (κ2) is 11.4. The molecular formula is C25H34ClF2N3O5. The number of halogens is 3. The van der Waals surface area contributed by atoms with E-state index in [1.807, 2.05) is 12.1 Å². The van der Waals surface area contributed by atoms with Crippen LogP contribution in [0.15, 0.2) is 24.3 Å². The molecule has 0 spiro atoms. The Morgan fingerprint density at radius 3 is 2.47 bits per heavy atom. The quantitative estimate of drug-likeness (QED) is 0.482. The van der Waals surface area contributed by atoms with Gasteiger partial charge in [-0.25, -0.2) is 8.78 Å². The summed E-state index contributed by atoms with van der Waals surface area (Å²) >= 11 is 6.04. The van der Waals surface area contributed by atoms with Crippen LogP contribution in [0.25, 0.3) is 0 Å². The lowest BCUT2D eigenvalue weighted by atomic mass is 9.71. The van der Waals surface area contributed by atoms with Gasteiger partial charge in [-0.1, -0.05) is 23.7 Å². The first-order valence-electron chi connectivity index (χ1n) is 12.0. The molecule has 1 heterocycles. The SMILES string of the molecule is COCC(N)C(=O)N(C)C1(Cc2ccc(Cl)cc2)CCCN(C(=O)C(CC(=O)O)C2CC(F)(F)C2)C1. The normalized spacial score (nSPS) is 23.4. The summed E-state index contributed by atoms with van der Waals surface area (Å²) in [5, 5.41) is 9.94. The summed E-state index contributed by atoms with van der Waals surface area (Å²) in [4.78, 5) is 41.3. The van der Waals surface area contributed by atoms with Crippen LogP contribution in [0.3, 0.4) is 0 Å². The van der Waals surface area contributed by atoms with E-state index in [0.29, 0.717) is 30.8 Å². The van der Waals surface area contributed by atoms with Crippen molar-refractivity contribution in [3.05, 3.63) is 34.9 Å². The molecule has 1 aliphatic carbocycles. The van der Waals surface area contributed by atoms with E-state index in [2.05, 4.69) is 0 Å². The number of hydrogen-bond donors (Lipinski definition) is 2. The number of benzene rings is 1. The molecule has 1 aliphatic heterocycles. The van der Waals surface area contributed by atoms with Crippen LogP contribution in [0.1, 0.15) is 37.7 Å². The molecule has 2 fully saturated rings. The van der Waals surface area contributed by atoms with Gasteiger partial charge in [0, 0.05) is 45.1 Å². The number of piperidine rings is 1. The monoisotopic (exact) mass is 529 g/mol. The van der Waals surface area contributed by atoms with E-state index < -0.39 is 60.5 Å². The average molecular weight is 530 g/mol. The molecule has 11 heteroatoms. The second-order valence-electron chi connectivity index (χ2n) is 10.1. The van der Waals surface area contributed by atoms with Gasteiger partial charge >= 0.3 is 5.97 Å². The van der Waals surface area contributed by atoms with Crippen molar-refractivity contribution in [2.75, 3.05) is 33.9 Å². The van der Waals surface area contributed by atoms with Gasteiger partial charge in [0.2, 0.25) is 17.7 Å². The van der Waals surface area contributed by atoms with Crippen molar-refractivity contribution in [3.63, 3.8) is 0 Å². The summed E-state index contributed by atoms with van der Waals surface area (Å²) in [5.41, 5.74) is 6.11. The van der Waals surface area contributed by atoms with Crippen molar-refractivity contribution in [1.29, 1.82) is 0 Å². The lowest BCUT2D eigenvalue weighted by Gasteiger charge is -2.50. The topological polar surface area (TPSA) is 113 Å². The highest BCUT2D eigenvalue weighted by molar-refractivity contribution is 6.30. The van der Waals surface area contributed by atoms with E-state index in [4.69, 9.17) is 22.1 Å². The van der Waals surface area contributed by atoms with Crippen molar-refractivity contribution in [2.24, 2.45) is 17.6 Å². The van der Waals surface area contributed by atoms with E-state index in [1.165, 1.54) is 12.0 Å². The fraction of sp³-hybridized carbons (Fsp3) is 0.640. The number of carboxylic acid groups (broad SMARTS) is 1. The number of likely N-dealkylation sites (N-methyl/N-ethyl adjacent to an activating group) is 1. The van der Waals surface area contributed by atoms with E-state index in [0.717, 1.165) is 5.56 Å².